The molecule has 1 unspecified atom stereocenters. The third kappa shape index (κ3) is 5.07. The van der Waals surface area contributed by atoms with Crippen molar-refractivity contribution in [3.05, 3.63) is 64.6 Å². The highest BCUT2D eigenvalue weighted by Crippen LogP contribution is 2.15. The first-order valence-electron chi connectivity index (χ1n) is 9.18. The van der Waals surface area contributed by atoms with Crippen LogP contribution in [-0.2, 0) is 25.5 Å². The molecule has 154 valence electrons. The van der Waals surface area contributed by atoms with E-state index in [1.54, 1.807) is 48.5 Å². The molecule has 1 atom stereocenters. The van der Waals surface area contributed by atoms with Crippen molar-refractivity contribution in [3.8, 4) is 0 Å². The van der Waals surface area contributed by atoms with Crippen LogP contribution < -0.4 is 16.2 Å². The third-order valence-electron chi connectivity index (χ3n) is 4.24. The molecule has 0 spiro atoms. The summed E-state index contributed by atoms with van der Waals surface area (Å²) in [5.74, 6) is -1.35. The summed E-state index contributed by atoms with van der Waals surface area (Å²) in [6, 6.07) is 13.3. The Morgan fingerprint density at radius 3 is 2.23 bits per heavy atom. The van der Waals surface area contributed by atoms with E-state index >= 15 is 0 Å². The van der Waals surface area contributed by atoms with Crippen LogP contribution in [0, 0.1) is 0 Å². The van der Waals surface area contributed by atoms with Crippen molar-refractivity contribution < 1.29 is 19.1 Å². The Labute approximate surface area is 171 Å². The van der Waals surface area contributed by atoms with Gasteiger partial charge in [0.15, 0.2) is 6.10 Å². The molecule has 2 amide bonds. The number of hydrogen-bond acceptors (Lipinski definition) is 6. The zero-order valence-corrected chi connectivity index (χ0v) is 16.4. The number of ether oxygens (including phenoxy) is 1. The zero-order valence-electron chi connectivity index (χ0n) is 16.4. The molecule has 9 nitrogen and oxygen atoms in total. The van der Waals surface area contributed by atoms with Crippen molar-refractivity contribution in [1.29, 1.82) is 0 Å². The Hall–Kier alpha value is -4.01. The van der Waals surface area contributed by atoms with Crippen molar-refractivity contribution in [2.45, 2.75) is 26.4 Å². The standard InChI is InChI=1S/C21H20N4O5/c1-12(20(28)23-15-9-7-14(8-10-15)22-13(2)26)30-19(27)11-18-16-5-3-4-6-17(16)21(29)25-24-18/h3-10,12H,11H2,1-2H3,(H,22,26)(H,23,28)(H,25,29). The molecule has 3 rings (SSSR count). The quantitative estimate of drug-likeness (QED) is 0.535. The second-order valence-corrected chi connectivity index (χ2v) is 6.60. The number of esters is 1. The van der Waals surface area contributed by atoms with Crippen LogP contribution in [0.4, 0.5) is 11.4 Å². The van der Waals surface area contributed by atoms with E-state index in [4.69, 9.17) is 4.74 Å². The summed E-state index contributed by atoms with van der Waals surface area (Å²) in [5, 5.41) is 12.5. The van der Waals surface area contributed by atoms with Crippen molar-refractivity contribution in [1.82, 2.24) is 10.2 Å². The Morgan fingerprint density at radius 2 is 1.60 bits per heavy atom. The van der Waals surface area contributed by atoms with Gasteiger partial charge in [0.2, 0.25) is 5.91 Å². The first kappa shape index (κ1) is 20.7. The van der Waals surface area contributed by atoms with E-state index < -0.39 is 18.0 Å². The fourth-order valence-electron chi connectivity index (χ4n) is 2.82. The number of anilines is 2. The molecular formula is C21H20N4O5. The summed E-state index contributed by atoms with van der Waals surface area (Å²) in [6.07, 6.45) is -1.23. The predicted molar refractivity (Wildman–Crippen MR) is 111 cm³/mol. The van der Waals surface area contributed by atoms with Crippen LogP contribution >= 0.6 is 0 Å². The fraction of sp³-hybridized carbons (Fsp3) is 0.190. The first-order chi connectivity index (χ1) is 14.3. The number of aromatic amines is 1. The minimum atomic E-state index is -1.04. The molecule has 0 aliphatic heterocycles. The van der Waals surface area contributed by atoms with Gasteiger partial charge in [0.1, 0.15) is 0 Å². The lowest BCUT2D eigenvalue weighted by atomic mass is 10.1. The van der Waals surface area contributed by atoms with Crippen LogP contribution in [0.3, 0.4) is 0 Å². The van der Waals surface area contributed by atoms with Gasteiger partial charge in [-0.1, -0.05) is 18.2 Å². The normalized spacial score (nSPS) is 11.5. The molecule has 30 heavy (non-hydrogen) atoms. The van der Waals surface area contributed by atoms with Gasteiger partial charge in [0.25, 0.3) is 11.5 Å². The molecule has 1 aromatic heterocycles. The van der Waals surface area contributed by atoms with E-state index in [0.717, 1.165) is 0 Å². The zero-order chi connectivity index (χ0) is 21.7. The lowest BCUT2D eigenvalue weighted by Crippen LogP contribution is -2.30. The summed E-state index contributed by atoms with van der Waals surface area (Å²) < 4.78 is 5.20. The number of nitrogens with one attached hydrogen (secondary N) is 3. The van der Waals surface area contributed by atoms with Gasteiger partial charge in [-0.05, 0) is 37.3 Å². The molecule has 0 fully saturated rings. The fourth-order valence-corrected chi connectivity index (χ4v) is 2.82. The van der Waals surface area contributed by atoms with E-state index in [1.807, 2.05) is 0 Å². The Morgan fingerprint density at radius 1 is 1.00 bits per heavy atom. The minimum absolute atomic E-state index is 0.194. The Balaban J connectivity index is 1.60. The third-order valence-corrected chi connectivity index (χ3v) is 4.24. The molecule has 9 heteroatoms. The monoisotopic (exact) mass is 408 g/mol. The summed E-state index contributed by atoms with van der Waals surface area (Å²) in [7, 11) is 0. The summed E-state index contributed by atoms with van der Waals surface area (Å²) >= 11 is 0. The number of H-pyrrole nitrogens is 1. The Bertz CT molecular complexity index is 1150. The van der Waals surface area contributed by atoms with E-state index in [2.05, 4.69) is 20.8 Å². The molecule has 3 N–H and O–H groups in total. The number of benzene rings is 2. The smallest absolute Gasteiger partial charge is 0.312 e. The number of amides is 2. The van der Waals surface area contributed by atoms with Crippen molar-refractivity contribution in [2.75, 3.05) is 10.6 Å². The van der Waals surface area contributed by atoms with Crippen molar-refractivity contribution >= 4 is 39.9 Å². The van der Waals surface area contributed by atoms with Gasteiger partial charge in [-0.2, -0.15) is 5.10 Å². The van der Waals surface area contributed by atoms with Crippen LogP contribution in [0.2, 0.25) is 0 Å². The molecule has 1 heterocycles. The Kier molecular flexibility index (Phi) is 6.21. The van der Waals surface area contributed by atoms with Crippen LogP contribution in [0.25, 0.3) is 10.8 Å². The molecule has 0 radical (unpaired) electrons. The van der Waals surface area contributed by atoms with E-state index in [-0.39, 0.29) is 17.9 Å². The van der Waals surface area contributed by atoms with Gasteiger partial charge in [0.05, 0.1) is 17.5 Å². The number of carbonyl (C=O) groups is 3. The summed E-state index contributed by atoms with van der Waals surface area (Å²) in [6.45, 7) is 2.86. The van der Waals surface area contributed by atoms with Gasteiger partial charge in [0, 0.05) is 23.7 Å². The highest BCUT2D eigenvalue weighted by Gasteiger charge is 2.19. The molecule has 0 saturated heterocycles. The number of hydrogen-bond donors (Lipinski definition) is 3. The number of fused-ring (bicyclic) bond motifs is 1. The maximum atomic E-state index is 12.3. The first-order valence-corrected chi connectivity index (χ1v) is 9.18. The molecule has 0 saturated carbocycles. The molecule has 3 aromatic rings. The maximum absolute atomic E-state index is 12.3. The predicted octanol–water partition coefficient (Wildman–Crippen LogP) is 1.99. The number of carbonyl (C=O) groups excluding carboxylic acids is 3. The lowest BCUT2D eigenvalue weighted by molar-refractivity contribution is -0.152. The largest absolute Gasteiger partial charge is 0.452 e. The number of aromatic nitrogens is 2. The van der Waals surface area contributed by atoms with Gasteiger partial charge in [-0.15, -0.1) is 0 Å². The second kappa shape index (κ2) is 8.99. The van der Waals surface area contributed by atoms with Gasteiger partial charge >= 0.3 is 5.97 Å². The number of nitrogens with zero attached hydrogens (tertiary/aromatic N) is 1. The molecule has 0 bridgehead atoms. The minimum Gasteiger partial charge on any atom is -0.452 e. The molecule has 0 aliphatic carbocycles. The van der Waals surface area contributed by atoms with Crippen LogP contribution in [0.1, 0.15) is 19.5 Å². The highest BCUT2D eigenvalue weighted by molar-refractivity contribution is 5.96. The summed E-state index contributed by atoms with van der Waals surface area (Å²) in [5.41, 5.74) is 1.10. The van der Waals surface area contributed by atoms with E-state index in [1.165, 1.54) is 13.8 Å². The lowest BCUT2D eigenvalue weighted by Gasteiger charge is -2.14. The van der Waals surface area contributed by atoms with Gasteiger partial charge in [-0.3, -0.25) is 19.2 Å². The topological polar surface area (TPSA) is 130 Å². The number of rotatable bonds is 6. The summed E-state index contributed by atoms with van der Waals surface area (Å²) in [4.78, 5) is 47.4. The van der Waals surface area contributed by atoms with Crippen LogP contribution in [0.15, 0.2) is 53.3 Å². The molecule has 0 aliphatic rings. The van der Waals surface area contributed by atoms with E-state index in [9.17, 15) is 19.2 Å². The average molecular weight is 408 g/mol. The maximum Gasteiger partial charge on any atom is 0.312 e. The molecule has 2 aromatic carbocycles. The van der Waals surface area contributed by atoms with Gasteiger partial charge < -0.3 is 15.4 Å². The van der Waals surface area contributed by atoms with Gasteiger partial charge in [-0.25, -0.2) is 5.10 Å². The van der Waals surface area contributed by atoms with Crippen molar-refractivity contribution in [3.63, 3.8) is 0 Å². The second-order valence-electron chi connectivity index (χ2n) is 6.60. The highest BCUT2D eigenvalue weighted by atomic mass is 16.5. The van der Waals surface area contributed by atoms with Crippen molar-refractivity contribution in [2.24, 2.45) is 0 Å². The van der Waals surface area contributed by atoms with Crippen LogP contribution in [0.5, 0.6) is 0 Å². The molecular weight excluding hydrogens is 388 g/mol. The van der Waals surface area contributed by atoms with Crippen LogP contribution in [-0.4, -0.2) is 34.1 Å². The van der Waals surface area contributed by atoms with E-state index in [0.29, 0.717) is 27.8 Å². The average Bonchev–Trinajstić information content (AvgIpc) is 2.71. The SMILES string of the molecule is CC(=O)Nc1ccc(NC(=O)C(C)OC(=O)Cc2n[nH]c(=O)c3ccccc23)cc1.